The van der Waals surface area contributed by atoms with Crippen LogP contribution in [-0.4, -0.2) is 15.8 Å². The number of ketones is 1. The van der Waals surface area contributed by atoms with Crippen LogP contribution in [0.1, 0.15) is 16.8 Å². The lowest BCUT2D eigenvalue weighted by Crippen LogP contribution is -2.03. The van der Waals surface area contributed by atoms with Gasteiger partial charge in [0, 0.05) is 34.5 Å². The van der Waals surface area contributed by atoms with Crippen molar-refractivity contribution in [1.29, 1.82) is 0 Å². The summed E-state index contributed by atoms with van der Waals surface area (Å²) in [5, 5.41) is 4.97. The zero-order chi connectivity index (χ0) is 15.8. The number of H-pyrrole nitrogens is 1. The maximum atomic E-state index is 12.8. The fraction of sp³-hybridized carbons (Fsp3) is 0.0526. The van der Waals surface area contributed by atoms with E-state index < -0.39 is 0 Å². The molecule has 1 aliphatic carbocycles. The van der Waals surface area contributed by atoms with Crippen molar-refractivity contribution in [3.05, 3.63) is 76.8 Å². The number of nitrogens with one attached hydrogen (secondary N) is 1. The Hall–Kier alpha value is -2.72. The number of allylic oxidation sites excluding steroid dienone is 5. The molecule has 0 unspecified atom stereocenters. The van der Waals surface area contributed by atoms with Gasteiger partial charge in [0.05, 0.1) is 0 Å². The first-order valence-corrected chi connectivity index (χ1v) is 8.27. The number of hydrogen-bond acceptors (Lipinski definition) is 3. The predicted molar refractivity (Wildman–Crippen MR) is 94.7 cm³/mol. The third kappa shape index (κ3) is 2.47. The fourth-order valence-corrected chi connectivity index (χ4v) is 3.35. The zero-order valence-electron chi connectivity index (χ0n) is 12.4. The number of rotatable bonds is 3. The average Bonchev–Trinajstić information content (AvgIpc) is 3.24. The molecule has 4 rings (SSSR count). The molecule has 1 N–H and O–H groups in total. The van der Waals surface area contributed by atoms with Crippen LogP contribution in [0, 0.1) is 0 Å². The topological polar surface area (TPSA) is 45.8 Å². The van der Waals surface area contributed by atoms with Crippen molar-refractivity contribution in [3.63, 3.8) is 0 Å². The van der Waals surface area contributed by atoms with E-state index in [0.717, 1.165) is 34.2 Å². The van der Waals surface area contributed by atoms with Crippen molar-refractivity contribution >= 4 is 28.2 Å². The highest BCUT2D eigenvalue weighted by Gasteiger charge is 2.17. The van der Waals surface area contributed by atoms with Gasteiger partial charge >= 0.3 is 0 Å². The van der Waals surface area contributed by atoms with Crippen LogP contribution in [0.25, 0.3) is 22.2 Å². The molecule has 3 nitrogen and oxygen atoms in total. The number of thiophene rings is 1. The highest BCUT2D eigenvalue weighted by Crippen LogP contribution is 2.28. The lowest BCUT2D eigenvalue weighted by atomic mass is 9.96. The van der Waals surface area contributed by atoms with Crippen LogP contribution in [0.4, 0.5) is 0 Å². The summed E-state index contributed by atoms with van der Waals surface area (Å²) in [6.07, 6.45) is 9.96. The molecule has 3 heterocycles. The molecule has 0 atom stereocenters. The highest BCUT2D eigenvalue weighted by atomic mass is 32.1. The van der Waals surface area contributed by atoms with Crippen LogP contribution in [0.5, 0.6) is 0 Å². The summed E-state index contributed by atoms with van der Waals surface area (Å²) >= 11 is 1.65. The van der Waals surface area contributed by atoms with Crippen LogP contribution >= 0.6 is 11.3 Å². The molecule has 23 heavy (non-hydrogen) atoms. The Morgan fingerprint density at radius 1 is 1.30 bits per heavy atom. The van der Waals surface area contributed by atoms with E-state index in [-0.39, 0.29) is 5.78 Å². The molecule has 0 bridgehead atoms. The highest BCUT2D eigenvalue weighted by molar-refractivity contribution is 7.08. The summed E-state index contributed by atoms with van der Waals surface area (Å²) in [6.45, 7) is 3.90. The van der Waals surface area contributed by atoms with Crippen molar-refractivity contribution in [3.8, 4) is 11.1 Å². The number of pyridine rings is 1. The van der Waals surface area contributed by atoms with Gasteiger partial charge in [0.2, 0.25) is 0 Å². The molecule has 0 aliphatic heterocycles. The molecule has 0 saturated carbocycles. The van der Waals surface area contributed by atoms with Crippen LogP contribution in [-0.2, 0) is 0 Å². The van der Waals surface area contributed by atoms with Crippen LogP contribution in [0.15, 0.2) is 71.2 Å². The van der Waals surface area contributed by atoms with Gasteiger partial charge in [-0.1, -0.05) is 30.4 Å². The largest absolute Gasteiger partial charge is 0.345 e. The van der Waals surface area contributed by atoms with Gasteiger partial charge in [0.1, 0.15) is 5.65 Å². The predicted octanol–water partition coefficient (Wildman–Crippen LogP) is 4.92. The standard InChI is InChI=1S/C19H14N2OS/c1-12-2-4-13(5-3-12)18(22)17-10-21-19-16(17)8-15(9-20-19)14-6-7-23-11-14/h2,4-11H,1,3H2,(H,20,21). The summed E-state index contributed by atoms with van der Waals surface area (Å²) in [5.41, 5.74) is 5.26. The molecule has 112 valence electrons. The summed E-state index contributed by atoms with van der Waals surface area (Å²) in [6, 6.07) is 4.08. The van der Waals surface area contributed by atoms with Crippen molar-refractivity contribution in [2.24, 2.45) is 0 Å². The monoisotopic (exact) mass is 318 g/mol. The average molecular weight is 318 g/mol. The Bertz CT molecular complexity index is 974. The van der Waals surface area contributed by atoms with Gasteiger partial charge in [-0.2, -0.15) is 11.3 Å². The van der Waals surface area contributed by atoms with E-state index in [1.165, 1.54) is 0 Å². The molecule has 3 aromatic heterocycles. The minimum atomic E-state index is 0.0178. The first-order chi connectivity index (χ1) is 11.2. The summed E-state index contributed by atoms with van der Waals surface area (Å²) in [7, 11) is 0. The molecule has 1 aliphatic rings. The van der Waals surface area contributed by atoms with Gasteiger partial charge in [0.15, 0.2) is 5.78 Å². The second-order valence-corrected chi connectivity index (χ2v) is 6.30. The van der Waals surface area contributed by atoms with Crippen molar-refractivity contribution < 1.29 is 4.79 Å². The van der Waals surface area contributed by atoms with E-state index in [0.29, 0.717) is 11.1 Å². The van der Waals surface area contributed by atoms with Gasteiger partial charge in [-0.3, -0.25) is 4.79 Å². The minimum absolute atomic E-state index is 0.0178. The second kappa shape index (κ2) is 5.48. The number of fused-ring (bicyclic) bond motifs is 1. The maximum absolute atomic E-state index is 12.8. The quantitative estimate of drug-likeness (QED) is 0.697. The zero-order valence-corrected chi connectivity index (χ0v) is 13.2. The van der Waals surface area contributed by atoms with Crippen molar-refractivity contribution in [2.75, 3.05) is 0 Å². The Kier molecular flexibility index (Phi) is 3.32. The normalized spacial score (nSPS) is 14.3. The van der Waals surface area contributed by atoms with E-state index in [1.54, 1.807) is 17.5 Å². The van der Waals surface area contributed by atoms with E-state index in [2.05, 4.69) is 28.0 Å². The Labute approximate surface area is 137 Å². The van der Waals surface area contributed by atoms with Crippen LogP contribution in [0.3, 0.4) is 0 Å². The Balaban J connectivity index is 1.78. The van der Waals surface area contributed by atoms with Gasteiger partial charge in [-0.15, -0.1) is 0 Å². The molecule has 0 fully saturated rings. The van der Waals surface area contributed by atoms with Crippen molar-refractivity contribution in [2.45, 2.75) is 6.42 Å². The third-order valence-electron chi connectivity index (χ3n) is 3.98. The lowest BCUT2D eigenvalue weighted by molar-refractivity contribution is 0.103. The first-order valence-electron chi connectivity index (χ1n) is 7.33. The Morgan fingerprint density at radius 3 is 2.96 bits per heavy atom. The molecule has 0 saturated heterocycles. The smallest absolute Gasteiger partial charge is 0.194 e. The summed E-state index contributed by atoms with van der Waals surface area (Å²) in [5.74, 6) is 0.0178. The number of nitrogens with zero attached hydrogens (tertiary/aromatic N) is 1. The van der Waals surface area contributed by atoms with Gasteiger partial charge in [0.25, 0.3) is 0 Å². The van der Waals surface area contributed by atoms with E-state index in [9.17, 15) is 4.79 Å². The summed E-state index contributed by atoms with van der Waals surface area (Å²) < 4.78 is 0. The van der Waals surface area contributed by atoms with Gasteiger partial charge in [-0.05, 0) is 34.9 Å². The number of carbonyl (C=O) groups is 1. The van der Waals surface area contributed by atoms with Gasteiger partial charge in [-0.25, -0.2) is 4.98 Å². The minimum Gasteiger partial charge on any atom is -0.345 e. The number of Topliss-reactive ketones (excluding diaryl/α,β-unsaturated/α-hetero) is 1. The van der Waals surface area contributed by atoms with E-state index >= 15 is 0 Å². The molecule has 3 aromatic rings. The van der Waals surface area contributed by atoms with E-state index in [1.807, 2.05) is 35.9 Å². The van der Waals surface area contributed by atoms with Crippen LogP contribution < -0.4 is 0 Å². The number of hydrogen-bond donors (Lipinski definition) is 1. The molecule has 0 radical (unpaired) electrons. The summed E-state index contributed by atoms with van der Waals surface area (Å²) in [4.78, 5) is 20.3. The second-order valence-electron chi connectivity index (χ2n) is 5.52. The maximum Gasteiger partial charge on any atom is 0.194 e. The number of aromatic amines is 1. The SMILES string of the molecule is C=C1C=CC(C(=O)c2c[nH]c3ncc(-c4ccsc4)cc23)=CC1. The third-order valence-corrected chi connectivity index (χ3v) is 4.66. The first kappa shape index (κ1) is 13.9. The molecular weight excluding hydrogens is 304 g/mol. The Morgan fingerprint density at radius 2 is 2.22 bits per heavy atom. The van der Waals surface area contributed by atoms with E-state index in [4.69, 9.17) is 0 Å². The fourth-order valence-electron chi connectivity index (χ4n) is 2.69. The molecule has 4 heteroatoms. The molecule has 0 amide bonds. The number of carbonyl (C=O) groups excluding carboxylic acids is 1. The molecule has 0 aromatic carbocycles. The van der Waals surface area contributed by atoms with Crippen molar-refractivity contribution in [1.82, 2.24) is 9.97 Å². The van der Waals surface area contributed by atoms with Gasteiger partial charge < -0.3 is 4.98 Å². The molecule has 0 spiro atoms. The lowest BCUT2D eigenvalue weighted by Gasteiger charge is -2.07. The molecular formula is C19H14N2OS. The van der Waals surface area contributed by atoms with Crippen LogP contribution in [0.2, 0.25) is 0 Å². The number of aromatic nitrogens is 2.